The van der Waals surface area contributed by atoms with E-state index in [-0.39, 0.29) is 11.9 Å². The van der Waals surface area contributed by atoms with Crippen LogP contribution in [0.4, 0.5) is 0 Å². The normalized spacial score (nSPS) is 12.8. The molecule has 2 aromatic rings. The van der Waals surface area contributed by atoms with Gasteiger partial charge in [0.15, 0.2) is 0 Å². The zero-order valence-electron chi connectivity index (χ0n) is 15.7. The van der Waals surface area contributed by atoms with E-state index in [0.717, 1.165) is 19.4 Å². The van der Waals surface area contributed by atoms with E-state index in [0.29, 0.717) is 0 Å². The largest absolute Gasteiger partial charge is 0.469 e. The van der Waals surface area contributed by atoms with Crippen LogP contribution in [0.15, 0.2) is 60.7 Å². The van der Waals surface area contributed by atoms with E-state index < -0.39 is 5.41 Å². The Morgan fingerprint density at radius 1 is 1.00 bits per heavy atom. The number of ether oxygens (including phenoxy) is 1. The van der Waals surface area contributed by atoms with Crippen LogP contribution in [0, 0.1) is 5.92 Å². The summed E-state index contributed by atoms with van der Waals surface area (Å²) in [6, 6.07) is 20.8. The fourth-order valence-corrected chi connectivity index (χ4v) is 3.76. The highest BCUT2D eigenvalue weighted by Crippen LogP contribution is 2.44. The third-order valence-electron chi connectivity index (χ3n) is 5.02. The van der Waals surface area contributed by atoms with Crippen molar-refractivity contribution in [3.8, 4) is 0 Å². The summed E-state index contributed by atoms with van der Waals surface area (Å²) >= 11 is 0. The first-order valence-corrected chi connectivity index (χ1v) is 8.89. The van der Waals surface area contributed by atoms with Crippen molar-refractivity contribution >= 4 is 5.97 Å². The number of carbonyl (C=O) groups is 1. The molecule has 0 saturated carbocycles. The highest BCUT2D eigenvalue weighted by Gasteiger charge is 2.45. The van der Waals surface area contributed by atoms with E-state index in [9.17, 15) is 4.79 Å². The third kappa shape index (κ3) is 4.10. The highest BCUT2D eigenvalue weighted by atomic mass is 16.5. The molecular weight excluding hydrogens is 310 g/mol. The van der Waals surface area contributed by atoms with Gasteiger partial charge in [0.1, 0.15) is 0 Å². The number of benzene rings is 2. The van der Waals surface area contributed by atoms with Gasteiger partial charge in [-0.3, -0.25) is 4.79 Å². The number of nitrogens with zero attached hydrogens (tertiary/aromatic N) is 1. The average molecular weight is 339 g/mol. The predicted molar refractivity (Wildman–Crippen MR) is 103 cm³/mol. The lowest BCUT2D eigenvalue weighted by molar-refractivity contribution is -0.148. The fraction of sp³-hybridized carbons (Fsp3) is 0.409. The zero-order valence-corrected chi connectivity index (χ0v) is 15.7. The van der Waals surface area contributed by atoms with Crippen molar-refractivity contribution in [3.05, 3.63) is 71.8 Å². The summed E-state index contributed by atoms with van der Waals surface area (Å²) in [5.74, 6) is -0.379. The van der Waals surface area contributed by atoms with Gasteiger partial charge in [-0.25, -0.2) is 0 Å². The first-order valence-electron chi connectivity index (χ1n) is 8.89. The van der Waals surface area contributed by atoms with Crippen molar-refractivity contribution in [1.82, 2.24) is 4.90 Å². The first kappa shape index (κ1) is 19.2. The van der Waals surface area contributed by atoms with Crippen LogP contribution in [0.1, 0.15) is 30.9 Å². The summed E-state index contributed by atoms with van der Waals surface area (Å²) in [5, 5.41) is 0. The SMILES string of the molecule is CCC(C(=O)OC)C(CCN(C)C)(c1ccccc1)c1ccccc1. The Morgan fingerprint density at radius 2 is 1.48 bits per heavy atom. The Morgan fingerprint density at radius 3 is 1.84 bits per heavy atom. The molecule has 2 rings (SSSR count). The van der Waals surface area contributed by atoms with Crippen molar-refractivity contribution in [2.24, 2.45) is 5.92 Å². The molecule has 0 aliphatic rings. The smallest absolute Gasteiger partial charge is 0.309 e. The lowest BCUT2D eigenvalue weighted by Crippen LogP contribution is -2.43. The van der Waals surface area contributed by atoms with Gasteiger partial charge in [0.25, 0.3) is 0 Å². The topological polar surface area (TPSA) is 29.5 Å². The van der Waals surface area contributed by atoms with E-state index >= 15 is 0 Å². The Bertz CT molecular complexity index is 613. The summed E-state index contributed by atoms with van der Waals surface area (Å²) in [5.41, 5.74) is 1.93. The molecular formula is C22H29NO2. The maximum atomic E-state index is 12.7. The van der Waals surface area contributed by atoms with Gasteiger partial charge >= 0.3 is 5.97 Å². The van der Waals surface area contributed by atoms with Crippen LogP contribution in [0.2, 0.25) is 0 Å². The number of rotatable bonds is 8. The number of carbonyl (C=O) groups excluding carboxylic acids is 1. The van der Waals surface area contributed by atoms with Crippen molar-refractivity contribution < 1.29 is 9.53 Å². The number of hydrogen-bond donors (Lipinski definition) is 0. The molecule has 25 heavy (non-hydrogen) atoms. The molecule has 0 aliphatic heterocycles. The second-order valence-corrected chi connectivity index (χ2v) is 6.74. The lowest BCUT2D eigenvalue weighted by Gasteiger charge is -2.41. The maximum Gasteiger partial charge on any atom is 0.309 e. The molecule has 1 atom stereocenters. The van der Waals surface area contributed by atoms with Gasteiger partial charge in [-0.1, -0.05) is 67.6 Å². The van der Waals surface area contributed by atoms with Gasteiger partial charge < -0.3 is 9.64 Å². The highest BCUT2D eigenvalue weighted by molar-refractivity contribution is 5.76. The quantitative estimate of drug-likeness (QED) is 0.678. The van der Waals surface area contributed by atoms with Crippen molar-refractivity contribution in [2.75, 3.05) is 27.7 Å². The number of methoxy groups -OCH3 is 1. The van der Waals surface area contributed by atoms with Crippen LogP contribution in [-0.4, -0.2) is 38.6 Å². The molecule has 2 aromatic carbocycles. The third-order valence-corrected chi connectivity index (χ3v) is 5.02. The summed E-state index contributed by atoms with van der Waals surface area (Å²) in [6.07, 6.45) is 1.57. The van der Waals surface area contributed by atoms with Gasteiger partial charge in [0.2, 0.25) is 0 Å². The average Bonchev–Trinajstić information content (AvgIpc) is 2.66. The summed E-state index contributed by atoms with van der Waals surface area (Å²) < 4.78 is 5.21. The maximum absolute atomic E-state index is 12.7. The second-order valence-electron chi connectivity index (χ2n) is 6.74. The summed E-state index contributed by atoms with van der Waals surface area (Å²) in [6.45, 7) is 2.95. The molecule has 1 unspecified atom stereocenters. The minimum absolute atomic E-state index is 0.144. The van der Waals surface area contributed by atoms with Crippen LogP contribution in [0.5, 0.6) is 0 Å². The van der Waals surface area contributed by atoms with E-state index in [4.69, 9.17) is 4.74 Å². The van der Waals surface area contributed by atoms with E-state index in [2.05, 4.69) is 50.2 Å². The van der Waals surface area contributed by atoms with Crippen LogP contribution in [0.25, 0.3) is 0 Å². The van der Waals surface area contributed by atoms with Gasteiger partial charge in [-0.05, 0) is 44.6 Å². The molecule has 0 aliphatic carbocycles. The van der Waals surface area contributed by atoms with Crippen LogP contribution in [-0.2, 0) is 14.9 Å². The standard InChI is InChI=1S/C22H29NO2/c1-5-20(21(24)25-4)22(16-17-23(2)3,18-12-8-6-9-13-18)19-14-10-7-11-15-19/h6-15,20H,5,16-17H2,1-4H3. The minimum atomic E-state index is -0.408. The molecule has 134 valence electrons. The van der Waals surface area contributed by atoms with Crippen LogP contribution in [0.3, 0.4) is 0 Å². The van der Waals surface area contributed by atoms with E-state index in [1.54, 1.807) is 0 Å². The summed E-state index contributed by atoms with van der Waals surface area (Å²) in [4.78, 5) is 14.9. The van der Waals surface area contributed by atoms with Crippen molar-refractivity contribution in [2.45, 2.75) is 25.2 Å². The first-order chi connectivity index (χ1) is 12.1. The molecule has 0 aromatic heterocycles. The Balaban J connectivity index is 2.70. The molecule has 3 heteroatoms. The Labute approximate surface area is 151 Å². The Kier molecular flexibility index (Phi) is 6.77. The number of hydrogen-bond acceptors (Lipinski definition) is 3. The van der Waals surface area contributed by atoms with E-state index in [1.165, 1.54) is 18.2 Å². The van der Waals surface area contributed by atoms with E-state index in [1.807, 2.05) is 36.4 Å². The van der Waals surface area contributed by atoms with Crippen LogP contribution < -0.4 is 0 Å². The van der Waals surface area contributed by atoms with Gasteiger partial charge in [-0.2, -0.15) is 0 Å². The molecule has 0 spiro atoms. The molecule has 3 nitrogen and oxygen atoms in total. The summed E-state index contributed by atoms with van der Waals surface area (Å²) in [7, 11) is 5.62. The lowest BCUT2D eigenvalue weighted by atomic mass is 9.62. The van der Waals surface area contributed by atoms with Crippen molar-refractivity contribution in [3.63, 3.8) is 0 Å². The van der Waals surface area contributed by atoms with Gasteiger partial charge in [0.05, 0.1) is 13.0 Å². The molecule has 0 bridgehead atoms. The molecule has 0 amide bonds. The predicted octanol–water partition coefficient (Wildman–Crippen LogP) is 4.12. The van der Waals surface area contributed by atoms with Crippen molar-refractivity contribution in [1.29, 1.82) is 0 Å². The van der Waals surface area contributed by atoms with Crippen LogP contribution >= 0.6 is 0 Å². The molecule has 0 radical (unpaired) electrons. The second kappa shape index (κ2) is 8.82. The number of esters is 1. The van der Waals surface area contributed by atoms with Gasteiger partial charge in [-0.15, -0.1) is 0 Å². The molecule has 0 N–H and O–H groups in total. The minimum Gasteiger partial charge on any atom is -0.469 e. The monoisotopic (exact) mass is 339 g/mol. The molecule has 0 fully saturated rings. The molecule has 0 heterocycles. The zero-order chi connectivity index (χ0) is 18.3. The molecule has 0 saturated heterocycles. The van der Waals surface area contributed by atoms with Gasteiger partial charge in [0, 0.05) is 5.41 Å². The fourth-order valence-electron chi connectivity index (χ4n) is 3.76. The Hall–Kier alpha value is -2.13.